The van der Waals surface area contributed by atoms with Crippen molar-refractivity contribution in [3.63, 3.8) is 0 Å². The van der Waals surface area contributed by atoms with Crippen LogP contribution in [0.2, 0.25) is 5.02 Å². The van der Waals surface area contributed by atoms with Crippen molar-refractivity contribution < 1.29 is 14.3 Å². The van der Waals surface area contributed by atoms with E-state index in [-0.39, 0.29) is 11.6 Å². The molecule has 2 bridgehead atoms. The van der Waals surface area contributed by atoms with Crippen molar-refractivity contribution in [2.45, 2.75) is 50.8 Å². The number of nitrogens with one attached hydrogen (secondary N) is 1. The lowest BCUT2D eigenvalue weighted by Gasteiger charge is -2.60. The predicted octanol–water partition coefficient (Wildman–Crippen LogP) is 2.80. The number of carbonyl (C=O) groups is 1. The Morgan fingerprint density at radius 2 is 2.10 bits per heavy atom. The summed E-state index contributed by atoms with van der Waals surface area (Å²) in [6, 6.07) is 6.16. The normalized spacial score (nSPS) is 27.5. The summed E-state index contributed by atoms with van der Waals surface area (Å²) in [7, 11) is 1.87. The van der Waals surface area contributed by atoms with Gasteiger partial charge in [-0.2, -0.15) is 0 Å². The van der Waals surface area contributed by atoms with Crippen molar-refractivity contribution >= 4 is 29.4 Å². The second kappa shape index (κ2) is 8.07. The van der Waals surface area contributed by atoms with Crippen LogP contribution in [0, 0.1) is 12.8 Å². The van der Waals surface area contributed by atoms with Crippen molar-refractivity contribution in [3.8, 4) is 0 Å². The molecule has 4 aliphatic rings. The van der Waals surface area contributed by atoms with E-state index in [1.54, 1.807) is 6.92 Å². The zero-order valence-corrected chi connectivity index (χ0v) is 18.3. The molecule has 1 aromatic carbocycles. The van der Waals surface area contributed by atoms with E-state index in [4.69, 9.17) is 16.0 Å². The SMILES string of the molecule is CNc1ccc(Cl)c(N2CC(O)C2)c1.Cc1nnc(C23C[C@H](C)C[C@H](C2)N3C=O)o1. The first-order valence-corrected chi connectivity index (χ1v) is 10.7. The number of β-amino-alcohol motifs (C(OH)–C–C–N with tert-alkyl or cyclic N) is 1. The Balaban J connectivity index is 0.000000147. The van der Waals surface area contributed by atoms with Gasteiger partial charge in [0.05, 0.1) is 16.8 Å². The number of fused-ring (bicyclic) bond motifs is 2. The van der Waals surface area contributed by atoms with Crippen molar-refractivity contribution in [2.24, 2.45) is 5.92 Å². The van der Waals surface area contributed by atoms with Crippen LogP contribution in [0.3, 0.4) is 0 Å². The molecule has 1 unspecified atom stereocenters. The number of benzene rings is 1. The average molecular weight is 434 g/mol. The van der Waals surface area contributed by atoms with Gasteiger partial charge in [-0.25, -0.2) is 0 Å². The van der Waals surface area contributed by atoms with E-state index in [1.807, 2.05) is 30.1 Å². The zero-order valence-electron chi connectivity index (χ0n) is 17.5. The molecule has 8 nitrogen and oxygen atoms in total. The molecule has 4 heterocycles. The third-order valence-electron chi connectivity index (χ3n) is 6.30. The van der Waals surface area contributed by atoms with Gasteiger partial charge in [-0.1, -0.05) is 18.5 Å². The third-order valence-corrected chi connectivity index (χ3v) is 6.62. The molecule has 3 atom stereocenters. The highest BCUT2D eigenvalue weighted by atomic mass is 35.5. The minimum absolute atomic E-state index is 0.204. The van der Waals surface area contributed by atoms with Gasteiger partial charge in [0.2, 0.25) is 18.2 Å². The molecule has 162 valence electrons. The molecule has 1 amide bonds. The Hall–Kier alpha value is -2.32. The number of aliphatic hydroxyl groups excluding tert-OH is 1. The minimum Gasteiger partial charge on any atom is -0.423 e. The molecule has 6 rings (SSSR count). The lowest BCUT2D eigenvalue weighted by Crippen LogP contribution is -2.67. The van der Waals surface area contributed by atoms with E-state index in [0.717, 1.165) is 42.1 Å². The van der Waals surface area contributed by atoms with Crippen LogP contribution in [0.25, 0.3) is 0 Å². The highest BCUT2D eigenvalue weighted by Crippen LogP contribution is 2.54. The van der Waals surface area contributed by atoms with Crippen LogP contribution in [-0.2, 0) is 10.3 Å². The van der Waals surface area contributed by atoms with E-state index in [2.05, 4.69) is 27.3 Å². The number of halogens is 1. The monoisotopic (exact) mass is 433 g/mol. The summed E-state index contributed by atoms with van der Waals surface area (Å²) in [6.45, 7) is 5.34. The van der Waals surface area contributed by atoms with E-state index < -0.39 is 0 Å². The summed E-state index contributed by atoms with van der Waals surface area (Å²) in [5.74, 6) is 1.79. The smallest absolute Gasteiger partial charge is 0.242 e. The molecule has 1 aliphatic carbocycles. The lowest BCUT2D eigenvalue weighted by molar-refractivity contribution is -0.165. The van der Waals surface area contributed by atoms with Crippen LogP contribution in [-0.4, -0.2) is 58.9 Å². The Morgan fingerprint density at radius 1 is 1.33 bits per heavy atom. The number of aromatic nitrogens is 2. The van der Waals surface area contributed by atoms with Crippen LogP contribution in [0.4, 0.5) is 11.4 Å². The predicted molar refractivity (Wildman–Crippen MR) is 115 cm³/mol. The number of rotatable bonds is 4. The van der Waals surface area contributed by atoms with Gasteiger partial charge >= 0.3 is 0 Å². The summed E-state index contributed by atoms with van der Waals surface area (Å²) in [4.78, 5) is 15.1. The number of anilines is 2. The number of amides is 1. The molecule has 30 heavy (non-hydrogen) atoms. The fraction of sp³-hybridized carbons (Fsp3) is 0.571. The molecule has 3 aliphatic heterocycles. The molecule has 2 N–H and O–H groups in total. The van der Waals surface area contributed by atoms with Gasteiger partial charge < -0.3 is 24.6 Å². The maximum atomic E-state index is 11.1. The average Bonchev–Trinajstić information content (AvgIpc) is 3.13. The number of aryl methyl sites for hydroxylation is 1. The number of piperidine rings is 1. The van der Waals surface area contributed by atoms with E-state index in [1.165, 1.54) is 0 Å². The molecule has 0 radical (unpaired) electrons. The van der Waals surface area contributed by atoms with Crippen LogP contribution in [0.5, 0.6) is 0 Å². The van der Waals surface area contributed by atoms with Gasteiger partial charge in [-0.3, -0.25) is 4.79 Å². The van der Waals surface area contributed by atoms with Gasteiger partial charge in [-0.15, -0.1) is 10.2 Å². The summed E-state index contributed by atoms with van der Waals surface area (Å²) >= 11 is 6.06. The largest absolute Gasteiger partial charge is 0.423 e. The summed E-state index contributed by atoms with van der Waals surface area (Å²) in [6.07, 6.45) is 3.72. The molecule has 9 heteroatoms. The fourth-order valence-corrected chi connectivity index (χ4v) is 5.10. The zero-order chi connectivity index (χ0) is 21.5. The second-order valence-electron chi connectivity index (χ2n) is 8.55. The second-order valence-corrected chi connectivity index (χ2v) is 8.96. The first kappa shape index (κ1) is 20.9. The van der Waals surface area contributed by atoms with Crippen LogP contribution < -0.4 is 10.2 Å². The molecule has 4 fully saturated rings. The van der Waals surface area contributed by atoms with E-state index in [0.29, 0.717) is 36.8 Å². The molecular formula is C21H28ClN5O3. The Kier molecular flexibility index (Phi) is 5.63. The molecule has 3 saturated heterocycles. The Bertz CT molecular complexity index is 916. The topological polar surface area (TPSA) is 94.7 Å². The van der Waals surface area contributed by atoms with Gasteiger partial charge in [0.1, 0.15) is 5.54 Å². The maximum Gasteiger partial charge on any atom is 0.242 e. The molecule has 1 aromatic heterocycles. The number of aliphatic hydroxyl groups is 1. The standard InChI is InChI=1S/C11H15N3O2.C10H13ClN2O/c1-7-3-9-5-11(4-7,14(9)6-15)10-13-12-8(2)16-10;1-12-7-2-3-9(11)10(4-7)13-5-8(14)6-13/h6-7,9H,3-5H2,1-2H3;2-4,8,12,14H,5-6H2,1H3/t7-,9-,11?;/m1./s1. The maximum absolute atomic E-state index is 11.1. The van der Waals surface area contributed by atoms with Crippen LogP contribution in [0.1, 0.15) is 38.0 Å². The Morgan fingerprint density at radius 3 is 2.70 bits per heavy atom. The first-order valence-electron chi connectivity index (χ1n) is 10.3. The van der Waals surface area contributed by atoms with Crippen molar-refractivity contribution in [1.29, 1.82) is 0 Å². The number of nitrogens with zero attached hydrogens (tertiary/aromatic N) is 4. The highest BCUT2D eigenvalue weighted by molar-refractivity contribution is 6.33. The van der Waals surface area contributed by atoms with E-state index >= 15 is 0 Å². The summed E-state index contributed by atoms with van der Waals surface area (Å²) in [5.41, 5.74) is 1.72. The molecular weight excluding hydrogens is 406 g/mol. The lowest BCUT2D eigenvalue weighted by atomic mass is 9.64. The fourth-order valence-electron chi connectivity index (χ4n) is 4.86. The first-order chi connectivity index (χ1) is 14.4. The number of carbonyl (C=O) groups excluding carboxylic acids is 1. The van der Waals surface area contributed by atoms with Gasteiger partial charge in [-0.05, 0) is 37.0 Å². The quantitative estimate of drug-likeness (QED) is 0.716. The van der Waals surface area contributed by atoms with Crippen LogP contribution >= 0.6 is 11.6 Å². The van der Waals surface area contributed by atoms with Crippen molar-refractivity contribution in [2.75, 3.05) is 30.4 Å². The highest BCUT2D eigenvalue weighted by Gasteiger charge is 2.59. The van der Waals surface area contributed by atoms with Gasteiger partial charge in [0.15, 0.2) is 0 Å². The Labute approximate surface area is 181 Å². The van der Waals surface area contributed by atoms with E-state index in [9.17, 15) is 9.90 Å². The summed E-state index contributed by atoms with van der Waals surface area (Å²) in [5, 5.41) is 21.0. The third kappa shape index (κ3) is 3.63. The van der Waals surface area contributed by atoms with Gasteiger partial charge in [0.25, 0.3) is 0 Å². The molecule has 0 spiro atoms. The van der Waals surface area contributed by atoms with Crippen molar-refractivity contribution in [1.82, 2.24) is 15.1 Å². The number of hydrogen-bond acceptors (Lipinski definition) is 7. The summed E-state index contributed by atoms with van der Waals surface area (Å²) < 4.78 is 5.52. The molecule has 2 aromatic rings. The minimum atomic E-state index is -0.300. The van der Waals surface area contributed by atoms with Crippen LogP contribution in [0.15, 0.2) is 22.6 Å². The van der Waals surface area contributed by atoms with Gasteiger partial charge in [0, 0.05) is 45.2 Å². The number of hydrogen-bond donors (Lipinski definition) is 2. The van der Waals surface area contributed by atoms with Crippen molar-refractivity contribution in [3.05, 3.63) is 35.0 Å². The molecule has 1 saturated carbocycles.